The normalized spacial score (nSPS) is 12.6. The zero-order chi connectivity index (χ0) is 19.9. The van der Waals surface area contributed by atoms with Gasteiger partial charge in [-0.25, -0.2) is 13.1 Å². The highest BCUT2D eigenvalue weighted by atomic mass is 32.2. The summed E-state index contributed by atoms with van der Waals surface area (Å²) in [4.78, 5) is 23.1. The number of sulfonamides is 1. The Hall–Kier alpha value is -1.93. The SMILES string of the molecule is CCCC(CNC(=O)CCNS(=O)(=O)c1c(C)cc(C)cc1C)C(=O)O. The van der Waals surface area contributed by atoms with E-state index in [0.717, 1.165) is 5.56 Å². The topological polar surface area (TPSA) is 113 Å². The molecule has 0 saturated heterocycles. The zero-order valence-corrected chi connectivity index (χ0v) is 16.6. The number of amides is 1. The van der Waals surface area contributed by atoms with E-state index in [0.29, 0.717) is 24.0 Å². The molecule has 0 aliphatic carbocycles. The quantitative estimate of drug-likeness (QED) is 0.570. The summed E-state index contributed by atoms with van der Waals surface area (Å²) >= 11 is 0. The number of nitrogens with one attached hydrogen (secondary N) is 2. The Balaban J connectivity index is 2.59. The molecule has 0 saturated carbocycles. The van der Waals surface area contributed by atoms with E-state index in [9.17, 15) is 18.0 Å². The first-order valence-corrected chi connectivity index (χ1v) is 10.1. The predicted octanol–water partition coefficient (Wildman–Crippen LogP) is 1.90. The first-order valence-electron chi connectivity index (χ1n) is 8.65. The second-order valence-corrected chi connectivity index (χ2v) is 8.21. The summed E-state index contributed by atoms with van der Waals surface area (Å²) in [7, 11) is -3.71. The van der Waals surface area contributed by atoms with Crippen molar-refractivity contribution in [2.45, 2.75) is 51.9 Å². The number of carboxylic acids is 1. The summed E-state index contributed by atoms with van der Waals surface area (Å²) in [6.45, 7) is 7.25. The van der Waals surface area contributed by atoms with Crippen LogP contribution in [0.2, 0.25) is 0 Å². The van der Waals surface area contributed by atoms with Gasteiger partial charge < -0.3 is 10.4 Å². The number of hydrogen-bond acceptors (Lipinski definition) is 4. The first kappa shape index (κ1) is 22.1. The monoisotopic (exact) mass is 384 g/mol. The van der Waals surface area contributed by atoms with Gasteiger partial charge in [0.25, 0.3) is 0 Å². The molecule has 0 fully saturated rings. The third-order valence-electron chi connectivity index (χ3n) is 4.05. The van der Waals surface area contributed by atoms with E-state index in [-0.39, 0.29) is 30.3 Å². The maximum absolute atomic E-state index is 12.5. The van der Waals surface area contributed by atoms with Crippen LogP contribution in [0.3, 0.4) is 0 Å². The van der Waals surface area contributed by atoms with E-state index < -0.39 is 21.9 Å². The van der Waals surface area contributed by atoms with Gasteiger partial charge in [0.05, 0.1) is 10.8 Å². The number of benzene rings is 1. The Bertz CT molecular complexity index is 736. The highest BCUT2D eigenvalue weighted by molar-refractivity contribution is 7.89. The van der Waals surface area contributed by atoms with Crippen molar-refractivity contribution in [2.24, 2.45) is 5.92 Å². The first-order chi connectivity index (χ1) is 12.1. The highest BCUT2D eigenvalue weighted by Crippen LogP contribution is 2.21. The van der Waals surface area contributed by atoms with Crippen LogP contribution in [0.5, 0.6) is 0 Å². The molecule has 7 nitrogen and oxygen atoms in total. The number of carbonyl (C=O) groups excluding carboxylic acids is 1. The number of aliphatic carboxylic acids is 1. The molecular formula is C18H28N2O5S. The van der Waals surface area contributed by atoms with E-state index in [1.54, 1.807) is 26.0 Å². The molecule has 146 valence electrons. The second kappa shape index (κ2) is 9.68. The van der Waals surface area contributed by atoms with Gasteiger partial charge in [0.15, 0.2) is 0 Å². The largest absolute Gasteiger partial charge is 0.481 e. The molecule has 1 rings (SSSR count). The minimum Gasteiger partial charge on any atom is -0.481 e. The van der Waals surface area contributed by atoms with Gasteiger partial charge in [-0.2, -0.15) is 0 Å². The van der Waals surface area contributed by atoms with Gasteiger partial charge in [0.2, 0.25) is 15.9 Å². The summed E-state index contributed by atoms with van der Waals surface area (Å²) in [5, 5.41) is 11.6. The molecule has 1 atom stereocenters. The van der Waals surface area contributed by atoms with Crippen molar-refractivity contribution in [1.82, 2.24) is 10.0 Å². The zero-order valence-electron chi connectivity index (χ0n) is 15.8. The molecule has 0 heterocycles. The molecule has 3 N–H and O–H groups in total. The van der Waals surface area contributed by atoms with Crippen molar-refractivity contribution < 1.29 is 23.1 Å². The van der Waals surface area contributed by atoms with Crippen molar-refractivity contribution in [1.29, 1.82) is 0 Å². The molecule has 0 aliphatic heterocycles. The molecule has 0 aromatic heterocycles. The lowest BCUT2D eigenvalue weighted by Crippen LogP contribution is -2.35. The molecular weight excluding hydrogens is 356 g/mol. The molecule has 1 aromatic carbocycles. The summed E-state index contributed by atoms with van der Waals surface area (Å²) < 4.78 is 27.4. The standard InChI is InChI=1S/C18H28N2O5S/c1-5-6-15(18(22)23)11-19-16(21)7-8-20-26(24,25)17-13(3)9-12(2)10-14(17)4/h9-10,15,20H,5-8,11H2,1-4H3,(H,19,21)(H,22,23). The van der Waals surface area contributed by atoms with Gasteiger partial charge in [-0.3, -0.25) is 9.59 Å². The van der Waals surface area contributed by atoms with Gasteiger partial charge in [-0.15, -0.1) is 0 Å². The van der Waals surface area contributed by atoms with Crippen LogP contribution in [0.4, 0.5) is 0 Å². The van der Waals surface area contributed by atoms with Crippen LogP contribution >= 0.6 is 0 Å². The average Bonchev–Trinajstić information content (AvgIpc) is 2.49. The maximum Gasteiger partial charge on any atom is 0.308 e. The minimum atomic E-state index is -3.71. The van der Waals surface area contributed by atoms with E-state index in [1.165, 1.54) is 0 Å². The summed E-state index contributed by atoms with van der Waals surface area (Å²) in [5.74, 6) is -1.95. The molecule has 0 spiro atoms. The molecule has 8 heteroatoms. The fraction of sp³-hybridized carbons (Fsp3) is 0.556. The fourth-order valence-corrected chi connectivity index (χ4v) is 4.43. The summed E-state index contributed by atoms with van der Waals surface area (Å²) in [6.07, 6.45) is 1.14. The highest BCUT2D eigenvalue weighted by Gasteiger charge is 2.20. The molecule has 0 aliphatic rings. The number of carbonyl (C=O) groups is 2. The number of carboxylic acid groups (broad SMARTS) is 1. The van der Waals surface area contributed by atoms with Crippen LogP contribution in [0.15, 0.2) is 17.0 Å². The predicted molar refractivity (Wildman–Crippen MR) is 99.5 cm³/mol. The van der Waals surface area contributed by atoms with Crippen molar-refractivity contribution in [3.63, 3.8) is 0 Å². The third kappa shape index (κ3) is 6.42. The molecule has 0 bridgehead atoms. The van der Waals surface area contributed by atoms with Crippen molar-refractivity contribution in [2.75, 3.05) is 13.1 Å². The van der Waals surface area contributed by atoms with Crippen molar-refractivity contribution in [3.8, 4) is 0 Å². The van der Waals surface area contributed by atoms with Crippen LogP contribution in [-0.2, 0) is 19.6 Å². The Labute approximate surface area is 155 Å². The van der Waals surface area contributed by atoms with Crippen LogP contribution in [0, 0.1) is 26.7 Å². The number of rotatable bonds is 10. The van der Waals surface area contributed by atoms with E-state index in [4.69, 9.17) is 5.11 Å². The van der Waals surface area contributed by atoms with Crippen LogP contribution in [0.1, 0.15) is 42.9 Å². The number of aryl methyl sites for hydroxylation is 3. The van der Waals surface area contributed by atoms with Crippen LogP contribution in [-0.4, -0.2) is 38.5 Å². The smallest absolute Gasteiger partial charge is 0.308 e. The maximum atomic E-state index is 12.5. The molecule has 0 radical (unpaired) electrons. The number of hydrogen-bond donors (Lipinski definition) is 3. The van der Waals surface area contributed by atoms with Gasteiger partial charge >= 0.3 is 5.97 Å². The molecule has 26 heavy (non-hydrogen) atoms. The van der Waals surface area contributed by atoms with E-state index >= 15 is 0 Å². The lowest BCUT2D eigenvalue weighted by molar-refractivity contribution is -0.141. The lowest BCUT2D eigenvalue weighted by atomic mass is 10.0. The molecule has 1 amide bonds. The van der Waals surface area contributed by atoms with Gasteiger partial charge in [0, 0.05) is 19.5 Å². The Morgan fingerprint density at radius 2 is 1.73 bits per heavy atom. The third-order valence-corrected chi connectivity index (χ3v) is 5.82. The van der Waals surface area contributed by atoms with Gasteiger partial charge in [0.1, 0.15) is 0 Å². The lowest BCUT2D eigenvalue weighted by Gasteiger charge is -2.14. The van der Waals surface area contributed by atoms with Gasteiger partial charge in [-0.1, -0.05) is 31.0 Å². The molecule has 1 unspecified atom stereocenters. The Morgan fingerprint density at radius 1 is 1.15 bits per heavy atom. The molecule has 1 aromatic rings. The van der Waals surface area contributed by atoms with E-state index in [2.05, 4.69) is 10.0 Å². The Kier molecular flexibility index (Phi) is 8.23. The second-order valence-electron chi connectivity index (χ2n) is 6.50. The van der Waals surface area contributed by atoms with E-state index in [1.807, 2.05) is 13.8 Å². The summed E-state index contributed by atoms with van der Waals surface area (Å²) in [5.41, 5.74) is 2.30. The van der Waals surface area contributed by atoms with Crippen molar-refractivity contribution >= 4 is 21.9 Å². The minimum absolute atomic E-state index is 0.0466. The fourth-order valence-electron chi connectivity index (χ4n) is 2.95. The van der Waals surface area contributed by atoms with Crippen molar-refractivity contribution in [3.05, 3.63) is 28.8 Å². The average molecular weight is 384 g/mol. The van der Waals surface area contributed by atoms with Gasteiger partial charge in [-0.05, 0) is 38.3 Å². The van der Waals surface area contributed by atoms with Crippen LogP contribution in [0.25, 0.3) is 0 Å². The van der Waals surface area contributed by atoms with Crippen LogP contribution < -0.4 is 10.0 Å². The summed E-state index contributed by atoms with van der Waals surface area (Å²) in [6, 6.07) is 3.60. The Morgan fingerprint density at radius 3 is 2.23 bits per heavy atom.